The van der Waals surface area contributed by atoms with Crippen LogP contribution in [0.15, 0.2) is 53.8 Å². The van der Waals surface area contributed by atoms with Gasteiger partial charge in [-0.15, -0.1) is 0 Å². The number of methoxy groups -OCH3 is 2. The highest BCUT2D eigenvalue weighted by Crippen LogP contribution is 2.51. The molecule has 1 aliphatic heterocycles. The molecule has 2 N–H and O–H groups in total. The van der Waals surface area contributed by atoms with Crippen LogP contribution in [0, 0.1) is 22.3 Å². The first-order chi connectivity index (χ1) is 18.3. The maximum absolute atomic E-state index is 9.20. The number of rotatable bonds is 11. The van der Waals surface area contributed by atoms with E-state index in [2.05, 4.69) is 31.2 Å². The van der Waals surface area contributed by atoms with Crippen molar-refractivity contribution < 1.29 is 14.2 Å². The van der Waals surface area contributed by atoms with E-state index >= 15 is 0 Å². The highest BCUT2D eigenvalue weighted by atomic mass is 16.5. The lowest BCUT2D eigenvalue weighted by molar-refractivity contribution is 0.0268. The molecule has 2 aliphatic rings. The maximum Gasteiger partial charge on any atom is 0.164 e. The van der Waals surface area contributed by atoms with Crippen molar-refractivity contribution in [2.24, 2.45) is 16.6 Å². The van der Waals surface area contributed by atoms with Crippen molar-refractivity contribution in [2.75, 3.05) is 27.4 Å². The molecule has 0 bridgehead atoms. The van der Waals surface area contributed by atoms with E-state index in [9.17, 15) is 5.41 Å². The summed E-state index contributed by atoms with van der Waals surface area (Å²) in [6.07, 6.45) is 8.55. The molecule has 4 rings (SSSR count). The molecule has 2 fully saturated rings. The summed E-state index contributed by atoms with van der Waals surface area (Å²) in [5.74, 6) is 2.03. The number of ether oxygens (including phenoxy) is 3. The van der Waals surface area contributed by atoms with Crippen LogP contribution in [0.5, 0.6) is 11.5 Å². The molecule has 1 saturated carbocycles. The van der Waals surface area contributed by atoms with Crippen LogP contribution in [0.25, 0.3) is 0 Å². The molecule has 2 aromatic rings. The van der Waals surface area contributed by atoms with Gasteiger partial charge in [0.1, 0.15) is 5.84 Å². The number of hydrogen-bond acceptors (Lipinski definition) is 6. The van der Waals surface area contributed by atoms with Crippen molar-refractivity contribution in [1.82, 2.24) is 5.01 Å². The number of para-hydroxylation sites is 1. The molecule has 7 nitrogen and oxygen atoms in total. The molecule has 1 aliphatic carbocycles. The zero-order chi connectivity index (χ0) is 27.2. The van der Waals surface area contributed by atoms with Gasteiger partial charge in [-0.1, -0.05) is 47.7 Å². The third-order valence-corrected chi connectivity index (χ3v) is 8.59. The molecular formula is C31H44N4O3. The summed E-state index contributed by atoms with van der Waals surface area (Å²) in [6.45, 7) is 5.80. The van der Waals surface area contributed by atoms with Crippen LogP contribution in [-0.2, 0) is 11.2 Å². The lowest BCUT2D eigenvalue weighted by Gasteiger charge is -2.37. The van der Waals surface area contributed by atoms with Gasteiger partial charge in [-0.05, 0) is 88.2 Å². The topological polar surface area (TPSA) is 91.0 Å². The summed E-state index contributed by atoms with van der Waals surface area (Å²) in [4.78, 5) is 0. The Kier molecular flexibility index (Phi) is 9.08. The first-order valence-corrected chi connectivity index (χ1v) is 13.9. The van der Waals surface area contributed by atoms with Gasteiger partial charge >= 0.3 is 0 Å². The second-order valence-corrected chi connectivity index (χ2v) is 11.7. The molecular weight excluding hydrogens is 476 g/mol. The Labute approximate surface area is 227 Å². The van der Waals surface area contributed by atoms with Gasteiger partial charge in [-0.3, -0.25) is 5.41 Å². The molecule has 38 heavy (non-hydrogen) atoms. The molecule has 1 saturated heterocycles. The number of nitrogens with zero attached hydrogens (tertiary/aromatic N) is 2. The van der Waals surface area contributed by atoms with Crippen molar-refractivity contribution in [2.45, 2.75) is 76.7 Å². The zero-order valence-electron chi connectivity index (χ0n) is 23.5. The Morgan fingerprint density at radius 3 is 2.42 bits per heavy atom. The standard InChI is InChI=1S/C31H44N4O3/c1-30(2)21-31(22-38-30)18-15-24(16-19-31)13-14-26(25-11-8-12-27(36-3)28(25)37-4)29(32)35(34-33)20-17-23-9-6-5-7-10-23/h5-12,24,26,32-33H,13-22H2,1-4H3. The van der Waals surface area contributed by atoms with Crippen LogP contribution >= 0.6 is 0 Å². The van der Waals surface area contributed by atoms with Gasteiger partial charge in [-0.25, -0.2) is 5.01 Å². The Morgan fingerprint density at radius 2 is 1.82 bits per heavy atom. The van der Waals surface area contributed by atoms with E-state index in [-0.39, 0.29) is 11.5 Å². The van der Waals surface area contributed by atoms with E-state index in [0.717, 1.165) is 37.9 Å². The molecule has 206 valence electrons. The third kappa shape index (κ3) is 6.55. The van der Waals surface area contributed by atoms with Crippen LogP contribution in [0.1, 0.15) is 75.8 Å². The number of hydrogen-bond donors (Lipinski definition) is 2. The second-order valence-electron chi connectivity index (χ2n) is 11.7. The highest BCUT2D eigenvalue weighted by Gasteiger charge is 2.46. The smallest absolute Gasteiger partial charge is 0.164 e. The summed E-state index contributed by atoms with van der Waals surface area (Å²) >= 11 is 0. The number of nitrogens with one attached hydrogen (secondary N) is 2. The van der Waals surface area contributed by atoms with Crippen molar-refractivity contribution in [3.05, 3.63) is 59.7 Å². The van der Waals surface area contributed by atoms with Crippen molar-refractivity contribution in [1.29, 1.82) is 10.9 Å². The fourth-order valence-corrected chi connectivity index (χ4v) is 6.57. The lowest BCUT2D eigenvalue weighted by atomic mass is 9.67. The van der Waals surface area contributed by atoms with E-state index < -0.39 is 0 Å². The SMILES string of the molecule is COc1cccc(C(CCC2CCC3(CC2)COC(C)(C)C3)C(=N)N(CCc2ccccc2)N=N)c1OC. The molecule has 0 amide bonds. The van der Waals surface area contributed by atoms with Crippen LogP contribution < -0.4 is 9.47 Å². The fourth-order valence-electron chi connectivity index (χ4n) is 6.57. The summed E-state index contributed by atoms with van der Waals surface area (Å²) in [6, 6.07) is 16.0. The first kappa shape index (κ1) is 28.1. The van der Waals surface area contributed by atoms with Gasteiger partial charge in [0.05, 0.1) is 26.4 Å². The van der Waals surface area contributed by atoms with Crippen LogP contribution in [0.3, 0.4) is 0 Å². The number of benzene rings is 2. The predicted molar refractivity (Wildman–Crippen MR) is 150 cm³/mol. The summed E-state index contributed by atoms with van der Waals surface area (Å²) in [7, 11) is 3.29. The first-order valence-electron chi connectivity index (χ1n) is 13.9. The van der Waals surface area contributed by atoms with Crippen LogP contribution in [-0.4, -0.2) is 43.8 Å². The van der Waals surface area contributed by atoms with Gasteiger partial charge in [-0.2, -0.15) is 5.53 Å². The molecule has 0 aromatic heterocycles. The average molecular weight is 521 g/mol. The Morgan fingerprint density at radius 1 is 1.08 bits per heavy atom. The van der Waals surface area contributed by atoms with Crippen LogP contribution in [0.4, 0.5) is 0 Å². The Balaban J connectivity index is 1.49. The third-order valence-electron chi connectivity index (χ3n) is 8.59. The Hall–Kier alpha value is -2.93. The summed E-state index contributed by atoms with van der Waals surface area (Å²) < 4.78 is 17.5. The van der Waals surface area contributed by atoms with Gasteiger partial charge in [0, 0.05) is 18.0 Å². The molecule has 7 heteroatoms. The summed E-state index contributed by atoms with van der Waals surface area (Å²) in [5.41, 5.74) is 10.3. The van der Waals surface area contributed by atoms with E-state index in [1.165, 1.54) is 36.3 Å². The van der Waals surface area contributed by atoms with Gasteiger partial charge < -0.3 is 14.2 Å². The quantitative estimate of drug-likeness (QED) is 0.140. The zero-order valence-corrected chi connectivity index (χ0v) is 23.5. The van der Waals surface area contributed by atoms with E-state index in [4.69, 9.17) is 19.7 Å². The molecule has 1 heterocycles. The van der Waals surface area contributed by atoms with E-state index in [1.54, 1.807) is 14.2 Å². The van der Waals surface area contributed by atoms with Crippen LogP contribution in [0.2, 0.25) is 0 Å². The Bertz CT molecular complexity index is 1080. The predicted octanol–water partition coefficient (Wildman–Crippen LogP) is 7.41. The molecule has 1 atom stereocenters. The van der Waals surface area contributed by atoms with Gasteiger partial charge in [0.2, 0.25) is 0 Å². The minimum absolute atomic E-state index is 0.00109. The minimum Gasteiger partial charge on any atom is -0.493 e. The lowest BCUT2D eigenvalue weighted by Crippen LogP contribution is -2.33. The molecule has 1 spiro atoms. The molecule has 2 aromatic carbocycles. The van der Waals surface area contributed by atoms with Crippen molar-refractivity contribution in [3.63, 3.8) is 0 Å². The van der Waals surface area contributed by atoms with Gasteiger partial charge in [0.15, 0.2) is 11.5 Å². The summed E-state index contributed by atoms with van der Waals surface area (Å²) in [5, 5.41) is 14.5. The highest BCUT2D eigenvalue weighted by molar-refractivity contribution is 5.87. The normalized spacial score (nSPS) is 23.1. The molecule has 1 unspecified atom stereocenters. The maximum atomic E-state index is 9.20. The van der Waals surface area contributed by atoms with Gasteiger partial charge in [0.25, 0.3) is 0 Å². The minimum atomic E-state index is -0.241. The van der Waals surface area contributed by atoms with Crippen molar-refractivity contribution >= 4 is 5.84 Å². The van der Waals surface area contributed by atoms with E-state index in [0.29, 0.717) is 35.2 Å². The largest absolute Gasteiger partial charge is 0.493 e. The second kappa shape index (κ2) is 12.3. The average Bonchev–Trinajstić information content (AvgIpc) is 3.24. The number of amidine groups is 1. The van der Waals surface area contributed by atoms with E-state index in [1.807, 2.05) is 36.4 Å². The monoisotopic (exact) mass is 520 g/mol. The molecule has 0 radical (unpaired) electrons. The van der Waals surface area contributed by atoms with Crippen molar-refractivity contribution in [3.8, 4) is 11.5 Å². The fraction of sp³-hybridized carbons (Fsp3) is 0.581.